The zero-order chi connectivity index (χ0) is 17.2. The molecule has 25 heavy (non-hydrogen) atoms. The van der Waals surface area contributed by atoms with Gasteiger partial charge in [-0.1, -0.05) is 19.1 Å². The lowest BCUT2D eigenvalue weighted by molar-refractivity contribution is 0.398. The van der Waals surface area contributed by atoms with Crippen molar-refractivity contribution in [3.8, 4) is 23.1 Å². The van der Waals surface area contributed by atoms with Crippen LogP contribution < -0.4 is 4.74 Å². The third-order valence-corrected chi connectivity index (χ3v) is 4.21. The molecule has 0 atom stereocenters. The molecule has 0 spiro atoms. The fraction of sp³-hybridized carbons (Fsp3) is 0.150. The third-order valence-electron chi connectivity index (χ3n) is 4.21. The predicted molar refractivity (Wildman–Crippen MR) is 98.0 cm³/mol. The molecule has 0 aliphatic carbocycles. The number of fused-ring (bicyclic) bond motifs is 1. The molecule has 0 radical (unpaired) electrons. The van der Waals surface area contributed by atoms with Gasteiger partial charge in [0.2, 0.25) is 5.88 Å². The second-order valence-corrected chi connectivity index (χ2v) is 5.72. The van der Waals surface area contributed by atoms with Gasteiger partial charge >= 0.3 is 0 Å². The van der Waals surface area contributed by atoms with Gasteiger partial charge in [0.25, 0.3) is 0 Å². The molecule has 3 aromatic heterocycles. The molecule has 124 valence electrons. The Kier molecular flexibility index (Phi) is 3.90. The first-order valence-corrected chi connectivity index (χ1v) is 8.23. The maximum absolute atomic E-state index is 5.17. The van der Waals surface area contributed by atoms with Crippen LogP contribution in [0, 0.1) is 0 Å². The Hall–Kier alpha value is -3.21. The zero-order valence-corrected chi connectivity index (χ0v) is 14.2. The first-order valence-electron chi connectivity index (χ1n) is 8.23. The minimum absolute atomic E-state index is 0.584. The number of rotatable bonds is 4. The van der Waals surface area contributed by atoms with Crippen molar-refractivity contribution in [2.45, 2.75) is 13.3 Å². The van der Waals surface area contributed by atoms with Crippen molar-refractivity contribution in [3.05, 3.63) is 66.5 Å². The van der Waals surface area contributed by atoms with E-state index in [2.05, 4.69) is 39.7 Å². The number of ether oxygens (including phenoxy) is 1. The van der Waals surface area contributed by atoms with Crippen molar-refractivity contribution in [1.82, 2.24) is 19.5 Å². The first-order chi connectivity index (χ1) is 12.3. The highest BCUT2D eigenvalue weighted by atomic mass is 16.5. The summed E-state index contributed by atoms with van der Waals surface area (Å²) in [5.41, 5.74) is 5.00. The van der Waals surface area contributed by atoms with E-state index in [0.29, 0.717) is 5.88 Å². The Morgan fingerprint density at radius 1 is 1.04 bits per heavy atom. The molecule has 5 nitrogen and oxygen atoms in total. The van der Waals surface area contributed by atoms with E-state index in [9.17, 15) is 0 Å². The SMILES string of the molecule is CCc1ccc2c(c1)nc(-c1ccccn1)n2-c1ccc(OC)nc1. The topological polar surface area (TPSA) is 52.8 Å². The summed E-state index contributed by atoms with van der Waals surface area (Å²) in [7, 11) is 1.61. The van der Waals surface area contributed by atoms with E-state index in [4.69, 9.17) is 9.72 Å². The Balaban J connectivity index is 1.98. The van der Waals surface area contributed by atoms with Crippen molar-refractivity contribution in [2.75, 3.05) is 7.11 Å². The maximum Gasteiger partial charge on any atom is 0.213 e. The zero-order valence-electron chi connectivity index (χ0n) is 14.2. The molecule has 0 aliphatic heterocycles. The monoisotopic (exact) mass is 330 g/mol. The van der Waals surface area contributed by atoms with Gasteiger partial charge in [0.05, 0.1) is 30.0 Å². The van der Waals surface area contributed by atoms with Crippen molar-refractivity contribution in [2.24, 2.45) is 0 Å². The number of hydrogen-bond acceptors (Lipinski definition) is 4. The average molecular weight is 330 g/mol. The standard InChI is InChI=1S/C20H18N4O/c1-3-14-7-9-18-17(12-14)23-20(16-6-4-5-11-21-16)24(18)15-8-10-19(25-2)22-13-15/h4-13H,3H2,1-2H3. The van der Waals surface area contributed by atoms with Crippen LogP contribution in [-0.2, 0) is 6.42 Å². The number of benzene rings is 1. The van der Waals surface area contributed by atoms with Gasteiger partial charge in [-0.2, -0.15) is 0 Å². The molecular weight excluding hydrogens is 312 g/mol. The van der Waals surface area contributed by atoms with Crippen LogP contribution in [0.5, 0.6) is 5.88 Å². The molecule has 0 N–H and O–H groups in total. The van der Waals surface area contributed by atoms with Crippen LogP contribution in [0.1, 0.15) is 12.5 Å². The molecule has 1 aromatic carbocycles. The minimum Gasteiger partial charge on any atom is -0.481 e. The molecule has 0 saturated carbocycles. The van der Waals surface area contributed by atoms with Crippen LogP contribution in [0.25, 0.3) is 28.2 Å². The van der Waals surface area contributed by atoms with Crippen LogP contribution in [0.2, 0.25) is 0 Å². The molecule has 0 unspecified atom stereocenters. The van der Waals surface area contributed by atoms with E-state index in [1.807, 2.05) is 30.3 Å². The Bertz CT molecular complexity index is 1010. The van der Waals surface area contributed by atoms with Gasteiger partial charge < -0.3 is 4.74 Å². The average Bonchev–Trinajstić information content (AvgIpc) is 3.07. The van der Waals surface area contributed by atoms with E-state index in [-0.39, 0.29) is 0 Å². The van der Waals surface area contributed by atoms with Crippen molar-refractivity contribution >= 4 is 11.0 Å². The lowest BCUT2D eigenvalue weighted by Crippen LogP contribution is -2.00. The lowest BCUT2D eigenvalue weighted by Gasteiger charge is -2.09. The van der Waals surface area contributed by atoms with E-state index in [1.165, 1.54) is 5.56 Å². The Morgan fingerprint density at radius 3 is 2.64 bits per heavy atom. The van der Waals surface area contributed by atoms with Gasteiger partial charge in [0.1, 0.15) is 5.69 Å². The number of nitrogens with zero attached hydrogens (tertiary/aromatic N) is 4. The third kappa shape index (κ3) is 2.74. The summed E-state index contributed by atoms with van der Waals surface area (Å²) in [5.74, 6) is 1.39. The highest BCUT2D eigenvalue weighted by molar-refractivity contribution is 5.83. The second kappa shape index (κ2) is 6.36. The van der Waals surface area contributed by atoms with Crippen LogP contribution in [0.15, 0.2) is 60.9 Å². The number of aryl methyl sites for hydroxylation is 1. The van der Waals surface area contributed by atoms with Crippen LogP contribution in [-0.4, -0.2) is 26.6 Å². The molecule has 0 saturated heterocycles. The van der Waals surface area contributed by atoms with Gasteiger partial charge in [0, 0.05) is 12.3 Å². The normalized spacial score (nSPS) is 11.0. The summed E-state index contributed by atoms with van der Waals surface area (Å²) in [5, 5.41) is 0. The number of methoxy groups -OCH3 is 1. The second-order valence-electron chi connectivity index (χ2n) is 5.72. The predicted octanol–water partition coefficient (Wildman–Crippen LogP) is 4.05. The molecule has 0 amide bonds. The summed E-state index contributed by atoms with van der Waals surface area (Å²) >= 11 is 0. The highest BCUT2D eigenvalue weighted by Gasteiger charge is 2.15. The van der Waals surface area contributed by atoms with E-state index in [0.717, 1.165) is 34.7 Å². The van der Waals surface area contributed by atoms with Gasteiger partial charge in [-0.25, -0.2) is 9.97 Å². The molecule has 0 bridgehead atoms. The Morgan fingerprint density at radius 2 is 1.96 bits per heavy atom. The summed E-state index contributed by atoms with van der Waals surface area (Å²) in [6.45, 7) is 2.14. The summed E-state index contributed by atoms with van der Waals surface area (Å²) in [4.78, 5) is 13.7. The summed E-state index contributed by atoms with van der Waals surface area (Å²) in [6, 6.07) is 16.1. The lowest BCUT2D eigenvalue weighted by atomic mass is 10.1. The van der Waals surface area contributed by atoms with Crippen molar-refractivity contribution in [1.29, 1.82) is 0 Å². The molecular formula is C20H18N4O. The van der Waals surface area contributed by atoms with Crippen LogP contribution in [0.4, 0.5) is 0 Å². The Labute approximate surface area is 146 Å². The van der Waals surface area contributed by atoms with Crippen LogP contribution >= 0.6 is 0 Å². The van der Waals surface area contributed by atoms with Gasteiger partial charge in [-0.15, -0.1) is 0 Å². The number of imidazole rings is 1. The van der Waals surface area contributed by atoms with Gasteiger partial charge in [0.15, 0.2) is 5.82 Å². The molecule has 0 fully saturated rings. The molecule has 5 heteroatoms. The van der Waals surface area contributed by atoms with Crippen LogP contribution in [0.3, 0.4) is 0 Å². The molecule has 0 aliphatic rings. The van der Waals surface area contributed by atoms with E-state index in [1.54, 1.807) is 19.5 Å². The fourth-order valence-corrected chi connectivity index (χ4v) is 2.90. The van der Waals surface area contributed by atoms with E-state index < -0.39 is 0 Å². The fourth-order valence-electron chi connectivity index (χ4n) is 2.90. The van der Waals surface area contributed by atoms with Gasteiger partial charge in [-0.3, -0.25) is 9.55 Å². The molecule has 4 aromatic rings. The van der Waals surface area contributed by atoms with E-state index >= 15 is 0 Å². The largest absolute Gasteiger partial charge is 0.481 e. The maximum atomic E-state index is 5.17. The molecule has 3 heterocycles. The van der Waals surface area contributed by atoms with Crippen molar-refractivity contribution < 1.29 is 4.74 Å². The minimum atomic E-state index is 0.584. The quantitative estimate of drug-likeness (QED) is 0.566. The molecule has 4 rings (SSSR count). The smallest absolute Gasteiger partial charge is 0.213 e. The first kappa shape index (κ1) is 15.3. The van der Waals surface area contributed by atoms with Gasteiger partial charge in [-0.05, 0) is 42.3 Å². The number of aromatic nitrogens is 4. The highest BCUT2D eigenvalue weighted by Crippen LogP contribution is 2.28. The number of pyridine rings is 2. The summed E-state index contributed by atoms with van der Waals surface area (Å²) < 4.78 is 7.26. The summed E-state index contributed by atoms with van der Waals surface area (Å²) in [6.07, 6.45) is 4.55. The number of hydrogen-bond donors (Lipinski definition) is 0. The van der Waals surface area contributed by atoms with Crippen molar-refractivity contribution in [3.63, 3.8) is 0 Å².